The van der Waals surface area contributed by atoms with Gasteiger partial charge in [-0.05, 0) is 60.2 Å². The lowest BCUT2D eigenvalue weighted by Crippen LogP contribution is -2.33. The summed E-state index contributed by atoms with van der Waals surface area (Å²) in [4.78, 5) is 12.0. The Labute approximate surface area is 106 Å². The largest absolute Gasteiger partial charge is 0.352 e. The molecule has 1 saturated heterocycles. The van der Waals surface area contributed by atoms with Gasteiger partial charge in [-0.1, -0.05) is 0 Å². The minimum Gasteiger partial charge on any atom is -0.352 e. The third-order valence-electron chi connectivity index (χ3n) is 4.15. The molecular weight excluding hydrogens is 232 g/mol. The molecule has 1 aromatic heterocycles. The Balaban J connectivity index is 1.51. The summed E-state index contributed by atoms with van der Waals surface area (Å²) in [6, 6.07) is 2.07. The van der Waals surface area contributed by atoms with Gasteiger partial charge >= 0.3 is 0 Å². The summed E-state index contributed by atoms with van der Waals surface area (Å²) >= 11 is 1.68. The van der Waals surface area contributed by atoms with Gasteiger partial charge in [0.2, 0.25) is 5.91 Å². The molecular formula is C13H18N2OS. The molecule has 2 N–H and O–H groups in total. The fourth-order valence-electron chi connectivity index (χ4n) is 2.90. The molecule has 1 aliphatic heterocycles. The van der Waals surface area contributed by atoms with E-state index in [1.54, 1.807) is 11.3 Å². The molecule has 2 aliphatic rings. The van der Waals surface area contributed by atoms with Gasteiger partial charge in [-0.15, -0.1) is 0 Å². The van der Waals surface area contributed by atoms with Gasteiger partial charge in [0.05, 0.1) is 0 Å². The number of rotatable bonds is 3. The van der Waals surface area contributed by atoms with Crippen molar-refractivity contribution in [2.24, 2.45) is 11.3 Å². The van der Waals surface area contributed by atoms with E-state index in [9.17, 15) is 4.79 Å². The van der Waals surface area contributed by atoms with Crippen LogP contribution in [0.5, 0.6) is 0 Å². The average Bonchev–Trinajstić information content (AvgIpc) is 2.82. The van der Waals surface area contributed by atoms with Crippen molar-refractivity contribution in [1.82, 2.24) is 10.6 Å². The maximum absolute atomic E-state index is 12.0. The lowest BCUT2D eigenvalue weighted by Gasteiger charge is -2.23. The van der Waals surface area contributed by atoms with Crippen LogP contribution in [0.25, 0.3) is 0 Å². The van der Waals surface area contributed by atoms with Crippen molar-refractivity contribution in [3.63, 3.8) is 0 Å². The molecule has 1 amide bonds. The zero-order chi connectivity index (χ0) is 11.7. The molecule has 3 nitrogen and oxygen atoms in total. The van der Waals surface area contributed by atoms with Crippen molar-refractivity contribution in [2.45, 2.75) is 25.8 Å². The molecule has 1 saturated carbocycles. The highest BCUT2D eigenvalue weighted by Crippen LogP contribution is 2.58. The van der Waals surface area contributed by atoms with E-state index < -0.39 is 0 Å². The van der Waals surface area contributed by atoms with Crippen LogP contribution >= 0.6 is 11.3 Å². The highest BCUT2D eigenvalue weighted by molar-refractivity contribution is 7.07. The van der Waals surface area contributed by atoms with Crippen LogP contribution in [0.4, 0.5) is 0 Å². The van der Waals surface area contributed by atoms with E-state index in [4.69, 9.17) is 0 Å². The van der Waals surface area contributed by atoms with Gasteiger partial charge in [-0.25, -0.2) is 0 Å². The van der Waals surface area contributed by atoms with Crippen molar-refractivity contribution in [3.05, 3.63) is 22.4 Å². The summed E-state index contributed by atoms with van der Waals surface area (Å²) in [6.07, 6.45) is 3.44. The first-order valence-corrected chi connectivity index (χ1v) is 7.24. The maximum Gasteiger partial charge on any atom is 0.223 e. The van der Waals surface area contributed by atoms with Crippen molar-refractivity contribution in [2.75, 3.05) is 13.1 Å². The van der Waals surface area contributed by atoms with E-state index in [2.05, 4.69) is 22.1 Å². The van der Waals surface area contributed by atoms with Crippen LogP contribution in [0.3, 0.4) is 0 Å². The molecule has 0 radical (unpaired) electrons. The van der Waals surface area contributed by atoms with Crippen molar-refractivity contribution < 1.29 is 4.79 Å². The molecule has 4 heteroatoms. The number of piperidine rings is 1. The molecule has 1 unspecified atom stereocenters. The minimum atomic E-state index is 0.262. The van der Waals surface area contributed by atoms with Crippen LogP contribution in [-0.4, -0.2) is 19.0 Å². The molecule has 2 heterocycles. The van der Waals surface area contributed by atoms with E-state index in [1.807, 2.05) is 5.38 Å². The van der Waals surface area contributed by atoms with Crippen LogP contribution in [-0.2, 0) is 11.3 Å². The monoisotopic (exact) mass is 250 g/mol. The van der Waals surface area contributed by atoms with Gasteiger partial charge in [-0.3, -0.25) is 4.79 Å². The highest BCUT2D eigenvalue weighted by atomic mass is 32.1. The predicted octanol–water partition coefficient (Wildman–Crippen LogP) is 1.75. The van der Waals surface area contributed by atoms with Crippen LogP contribution in [0.1, 0.15) is 24.8 Å². The van der Waals surface area contributed by atoms with Gasteiger partial charge in [0, 0.05) is 12.5 Å². The fraction of sp³-hybridized carbons (Fsp3) is 0.615. The molecule has 1 aromatic rings. The van der Waals surface area contributed by atoms with E-state index in [-0.39, 0.29) is 11.8 Å². The number of carbonyl (C=O) groups is 1. The highest BCUT2D eigenvalue weighted by Gasteiger charge is 2.57. The number of hydrogen-bond donors (Lipinski definition) is 2. The van der Waals surface area contributed by atoms with Gasteiger partial charge in [-0.2, -0.15) is 11.3 Å². The summed E-state index contributed by atoms with van der Waals surface area (Å²) in [6.45, 7) is 2.84. The summed E-state index contributed by atoms with van der Waals surface area (Å²) in [5.74, 6) is 0.543. The number of amides is 1. The summed E-state index contributed by atoms with van der Waals surface area (Å²) < 4.78 is 0. The first kappa shape index (κ1) is 11.2. The third-order valence-corrected chi connectivity index (χ3v) is 4.88. The molecule has 1 aliphatic carbocycles. The standard InChI is InChI=1S/C13H18N2OS/c16-12(15-8-10-1-6-17-9-10)11-7-13(11)2-4-14-5-3-13/h1,6,9,11,14H,2-5,7-8H2,(H,15,16). The second kappa shape index (κ2) is 4.42. The quantitative estimate of drug-likeness (QED) is 0.858. The Kier molecular flexibility index (Phi) is 2.92. The maximum atomic E-state index is 12.0. The smallest absolute Gasteiger partial charge is 0.223 e. The Morgan fingerprint density at radius 2 is 2.35 bits per heavy atom. The minimum absolute atomic E-state index is 0.262. The molecule has 0 bridgehead atoms. The second-order valence-electron chi connectivity index (χ2n) is 5.22. The van der Waals surface area contributed by atoms with Gasteiger partial charge in [0.1, 0.15) is 0 Å². The van der Waals surface area contributed by atoms with E-state index in [0.717, 1.165) is 19.5 Å². The zero-order valence-corrected chi connectivity index (χ0v) is 10.7. The van der Waals surface area contributed by atoms with Crippen LogP contribution in [0.2, 0.25) is 0 Å². The Morgan fingerprint density at radius 1 is 1.53 bits per heavy atom. The molecule has 1 atom stereocenters. The van der Waals surface area contributed by atoms with Gasteiger partial charge in [0.25, 0.3) is 0 Å². The van der Waals surface area contributed by atoms with Crippen LogP contribution in [0, 0.1) is 11.3 Å². The number of carbonyl (C=O) groups excluding carboxylic acids is 1. The van der Waals surface area contributed by atoms with E-state index in [0.29, 0.717) is 12.0 Å². The number of thiophene rings is 1. The van der Waals surface area contributed by atoms with E-state index >= 15 is 0 Å². The lowest BCUT2D eigenvalue weighted by atomic mass is 9.92. The van der Waals surface area contributed by atoms with Crippen molar-refractivity contribution >= 4 is 17.2 Å². The molecule has 1 spiro atoms. The Morgan fingerprint density at radius 3 is 3.06 bits per heavy atom. The average molecular weight is 250 g/mol. The Bertz CT molecular complexity index is 396. The molecule has 3 rings (SSSR count). The van der Waals surface area contributed by atoms with Gasteiger partial charge < -0.3 is 10.6 Å². The summed E-state index contributed by atoms with van der Waals surface area (Å²) in [5.41, 5.74) is 1.56. The first-order valence-electron chi connectivity index (χ1n) is 6.30. The molecule has 17 heavy (non-hydrogen) atoms. The molecule has 92 valence electrons. The van der Waals surface area contributed by atoms with E-state index in [1.165, 1.54) is 18.4 Å². The molecule has 0 aromatic carbocycles. The second-order valence-corrected chi connectivity index (χ2v) is 6.00. The fourth-order valence-corrected chi connectivity index (χ4v) is 3.57. The lowest BCUT2D eigenvalue weighted by molar-refractivity contribution is -0.123. The SMILES string of the molecule is O=C(NCc1ccsc1)C1CC12CCNCC2. The van der Waals surface area contributed by atoms with Crippen molar-refractivity contribution in [1.29, 1.82) is 0 Å². The normalized spacial score (nSPS) is 25.8. The number of nitrogens with one attached hydrogen (secondary N) is 2. The zero-order valence-electron chi connectivity index (χ0n) is 9.87. The number of hydrogen-bond acceptors (Lipinski definition) is 3. The summed E-state index contributed by atoms with van der Waals surface area (Å²) in [5, 5.41) is 10.6. The van der Waals surface area contributed by atoms with Gasteiger partial charge in [0.15, 0.2) is 0 Å². The Hall–Kier alpha value is -0.870. The van der Waals surface area contributed by atoms with Crippen molar-refractivity contribution in [3.8, 4) is 0 Å². The first-order chi connectivity index (χ1) is 8.30. The molecule has 2 fully saturated rings. The predicted molar refractivity (Wildman–Crippen MR) is 68.8 cm³/mol. The topological polar surface area (TPSA) is 41.1 Å². The van der Waals surface area contributed by atoms with Crippen LogP contribution < -0.4 is 10.6 Å². The summed E-state index contributed by atoms with van der Waals surface area (Å²) in [7, 11) is 0. The van der Waals surface area contributed by atoms with Crippen LogP contribution in [0.15, 0.2) is 16.8 Å². The third kappa shape index (κ3) is 2.24.